The van der Waals surface area contributed by atoms with E-state index >= 15 is 0 Å². The van der Waals surface area contributed by atoms with Gasteiger partial charge in [-0.25, -0.2) is 9.37 Å². The first kappa shape index (κ1) is 11.8. The number of nitrogens with zero attached hydrogens (tertiary/aromatic N) is 1. The molecule has 1 aliphatic carbocycles. The number of aryl methyl sites for hydroxylation is 2. The lowest BCUT2D eigenvalue weighted by Gasteiger charge is -2.14. The fourth-order valence-corrected chi connectivity index (χ4v) is 3.52. The molecule has 2 nitrogen and oxygen atoms in total. The normalized spacial score (nSPS) is 18.7. The van der Waals surface area contributed by atoms with Crippen molar-refractivity contribution in [2.75, 3.05) is 0 Å². The zero-order valence-corrected chi connectivity index (χ0v) is 10.9. The van der Waals surface area contributed by atoms with Gasteiger partial charge in [-0.1, -0.05) is 0 Å². The van der Waals surface area contributed by atoms with E-state index in [1.165, 1.54) is 12.1 Å². The monoisotopic (exact) mass is 263 g/mol. The predicted molar refractivity (Wildman–Crippen MR) is 70.1 cm³/mol. The summed E-state index contributed by atoms with van der Waals surface area (Å²) >= 11 is 1.57. The molecule has 0 radical (unpaired) electrons. The summed E-state index contributed by atoms with van der Waals surface area (Å²) in [6, 6.07) is 4.94. The first-order valence-electron chi connectivity index (χ1n) is 6.09. The maximum atomic E-state index is 13.4. The highest BCUT2D eigenvalue weighted by atomic mass is 32.1. The van der Waals surface area contributed by atoms with Crippen molar-refractivity contribution in [3.05, 3.63) is 40.2 Å². The third-order valence-electron chi connectivity index (χ3n) is 3.21. The molecule has 1 aliphatic rings. The Morgan fingerprint density at radius 3 is 2.94 bits per heavy atom. The SMILES string of the molecule is Cc1cc(F)cc(-c2nc3c(s2)CCCC3O)c1. The van der Waals surface area contributed by atoms with E-state index in [0.29, 0.717) is 0 Å². The van der Waals surface area contributed by atoms with Crippen LogP contribution in [0.4, 0.5) is 4.39 Å². The van der Waals surface area contributed by atoms with E-state index in [0.717, 1.165) is 46.0 Å². The number of thiazole rings is 1. The van der Waals surface area contributed by atoms with Gasteiger partial charge < -0.3 is 5.11 Å². The molecule has 0 saturated heterocycles. The van der Waals surface area contributed by atoms with Crippen molar-refractivity contribution in [1.82, 2.24) is 4.98 Å². The second-order valence-electron chi connectivity index (χ2n) is 4.75. The Kier molecular flexibility index (Phi) is 2.92. The number of hydrogen-bond donors (Lipinski definition) is 1. The van der Waals surface area contributed by atoms with Crippen molar-refractivity contribution in [3.8, 4) is 10.6 Å². The summed E-state index contributed by atoms with van der Waals surface area (Å²) in [4.78, 5) is 5.63. The number of aliphatic hydroxyl groups excluding tert-OH is 1. The van der Waals surface area contributed by atoms with Gasteiger partial charge in [0, 0.05) is 10.4 Å². The minimum atomic E-state index is -0.451. The van der Waals surface area contributed by atoms with Crippen molar-refractivity contribution in [3.63, 3.8) is 0 Å². The molecule has 1 atom stereocenters. The standard InChI is InChI=1S/C14H14FNOS/c1-8-5-9(7-10(15)6-8)14-16-13-11(17)3-2-4-12(13)18-14/h5-7,11,17H,2-4H2,1H3. The summed E-state index contributed by atoms with van der Waals surface area (Å²) in [6.45, 7) is 1.87. The van der Waals surface area contributed by atoms with Gasteiger partial charge in [0.1, 0.15) is 10.8 Å². The molecule has 0 spiro atoms. The van der Waals surface area contributed by atoms with Crippen LogP contribution < -0.4 is 0 Å². The third-order valence-corrected chi connectivity index (χ3v) is 4.39. The number of benzene rings is 1. The zero-order chi connectivity index (χ0) is 12.7. The molecule has 1 heterocycles. The number of fused-ring (bicyclic) bond motifs is 1. The van der Waals surface area contributed by atoms with Crippen molar-refractivity contribution < 1.29 is 9.50 Å². The number of hydrogen-bond acceptors (Lipinski definition) is 3. The highest BCUT2D eigenvalue weighted by Crippen LogP contribution is 2.37. The van der Waals surface area contributed by atoms with Gasteiger partial charge >= 0.3 is 0 Å². The third kappa shape index (κ3) is 2.06. The Morgan fingerprint density at radius 2 is 2.22 bits per heavy atom. The molecule has 94 valence electrons. The summed E-state index contributed by atoms with van der Waals surface area (Å²) in [7, 11) is 0. The van der Waals surface area contributed by atoms with Crippen molar-refractivity contribution in [2.24, 2.45) is 0 Å². The molecule has 0 bridgehead atoms. The summed E-state index contributed by atoms with van der Waals surface area (Å²) in [5, 5.41) is 10.7. The van der Waals surface area contributed by atoms with Crippen LogP contribution in [-0.2, 0) is 6.42 Å². The van der Waals surface area contributed by atoms with Crippen LogP contribution in [0.15, 0.2) is 18.2 Å². The van der Waals surface area contributed by atoms with Crippen LogP contribution in [0.25, 0.3) is 10.6 Å². The van der Waals surface area contributed by atoms with E-state index in [2.05, 4.69) is 4.98 Å². The van der Waals surface area contributed by atoms with E-state index < -0.39 is 6.10 Å². The molecule has 2 aromatic rings. The van der Waals surface area contributed by atoms with Gasteiger partial charge in [-0.3, -0.25) is 0 Å². The van der Waals surface area contributed by atoms with Crippen LogP contribution in [0.2, 0.25) is 0 Å². The molecule has 1 aromatic carbocycles. The van der Waals surface area contributed by atoms with Crippen molar-refractivity contribution in [1.29, 1.82) is 0 Å². The number of aromatic nitrogens is 1. The highest BCUT2D eigenvalue weighted by molar-refractivity contribution is 7.15. The summed E-state index contributed by atoms with van der Waals surface area (Å²) in [5.74, 6) is -0.237. The quantitative estimate of drug-likeness (QED) is 0.852. The minimum absolute atomic E-state index is 0.237. The van der Waals surface area contributed by atoms with Gasteiger partial charge in [0.15, 0.2) is 0 Å². The van der Waals surface area contributed by atoms with Crippen LogP contribution in [0.1, 0.15) is 35.1 Å². The maximum absolute atomic E-state index is 13.4. The minimum Gasteiger partial charge on any atom is -0.387 e. The molecular weight excluding hydrogens is 249 g/mol. The molecule has 0 saturated carbocycles. The van der Waals surface area contributed by atoms with Crippen LogP contribution in [0.5, 0.6) is 0 Å². The Labute approximate surface area is 109 Å². The second kappa shape index (κ2) is 4.44. The average molecular weight is 263 g/mol. The van der Waals surface area contributed by atoms with Gasteiger partial charge in [0.05, 0.1) is 11.8 Å². The Bertz CT molecular complexity index is 573. The Hall–Kier alpha value is -1.26. The highest BCUT2D eigenvalue weighted by Gasteiger charge is 2.23. The van der Waals surface area contributed by atoms with Crippen LogP contribution in [0.3, 0.4) is 0 Å². The summed E-state index contributed by atoms with van der Waals surface area (Å²) in [6.07, 6.45) is 2.29. The molecule has 1 aromatic heterocycles. The molecular formula is C14H14FNOS. The molecule has 0 aliphatic heterocycles. The molecule has 1 N–H and O–H groups in total. The summed E-state index contributed by atoms with van der Waals surface area (Å²) < 4.78 is 13.4. The second-order valence-corrected chi connectivity index (χ2v) is 5.84. The van der Waals surface area contributed by atoms with Crippen LogP contribution in [-0.4, -0.2) is 10.1 Å². The number of rotatable bonds is 1. The van der Waals surface area contributed by atoms with Gasteiger partial charge in [0.25, 0.3) is 0 Å². The summed E-state index contributed by atoms with van der Waals surface area (Å²) in [5.41, 5.74) is 2.49. The van der Waals surface area contributed by atoms with Gasteiger partial charge in [0.2, 0.25) is 0 Å². The van der Waals surface area contributed by atoms with Crippen LogP contribution >= 0.6 is 11.3 Å². The van der Waals surface area contributed by atoms with E-state index in [-0.39, 0.29) is 5.82 Å². The first-order valence-corrected chi connectivity index (χ1v) is 6.90. The van der Waals surface area contributed by atoms with Crippen molar-refractivity contribution >= 4 is 11.3 Å². The molecule has 1 unspecified atom stereocenters. The number of halogens is 1. The van der Waals surface area contributed by atoms with Gasteiger partial charge in [-0.05, 0) is 49.9 Å². The lowest BCUT2D eigenvalue weighted by atomic mass is 10.0. The largest absolute Gasteiger partial charge is 0.387 e. The molecule has 18 heavy (non-hydrogen) atoms. The zero-order valence-electron chi connectivity index (χ0n) is 10.1. The average Bonchev–Trinajstić information content (AvgIpc) is 2.73. The fraction of sp³-hybridized carbons (Fsp3) is 0.357. The topological polar surface area (TPSA) is 33.1 Å². The molecule has 0 fully saturated rings. The Balaban J connectivity index is 2.07. The fourth-order valence-electron chi connectivity index (χ4n) is 2.38. The van der Waals surface area contributed by atoms with E-state index in [1.807, 2.05) is 13.0 Å². The van der Waals surface area contributed by atoms with E-state index in [1.54, 1.807) is 11.3 Å². The smallest absolute Gasteiger partial charge is 0.124 e. The number of aliphatic hydroxyl groups is 1. The lowest BCUT2D eigenvalue weighted by Crippen LogP contribution is -2.07. The Morgan fingerprint density at radius 1 is 1.39 bits per heavy atom. The molecule has 4 heteroatoms. The van der Waals surface area contributed by atoms with Gasteiger partial charge in [-0.15, -0.1) is 11.3 Å². The maximum Gasteiger partial charge on any atom is 0.124 e. The lowest BCUT2D eigenvalue weighted by molar-refractivity contribution is 0.153. The predicted octanol–water partition coefficient (Wildman–Crippen LogP) is 3.63. The molecule has 0 amide bonds. The van der Waals surface area contributed by atoms with E-state index in [9.17, 15) is 9.50 Å². The van der Waals surface area contributed by atoms with Crippen molar-refractivity contribution in [2.45, 2.75) is 32.3 Å². The first-order chi connectivity index (χ1) is 8.63. The van der Waals surface area contributed by atoms with E-state index in [4.69, 9.17) is 0 Å². The van der Waals surface area contributed by atoms with Gasteiger partial charge in [-0.2, -0.15) is 0 Å². The van der Waals surface area contributed by atoms with Crippen LogP contribution in [0, 0.1) is 12.7 Å². The molecule has 3 rings (SSSR count).